The van der Waals surface area contributed by atoms with Crippen LogP contribution in [-0.2, 0) is 23.9 Å². The SMILES string of the molecule is CN(Cc1nc2ccccc2s1)C(=O)Cc1csc(-c2ccc(C(F)(F)F)cc2)n1. The average molecular weight is 448 g/mol. The Kier molecular flexibility index (Phi) is 5.57. The van der Waals surface area contributed by atoms with Crippen LogP contribution in [0.2, 0.25) is 0 Å². The maximum absolute atomic E-state index is 12.7. The first-order valence-corrected chi connectivity index (χ1v) is 10.7. The van der Waals surface area contributed by atoms with Gasteiger partial charge in [0.05, 0.1) is 34.4 Å². The van der Waals surface area contributed by atoms with Gasteiger partial charge in [0, 0.05) is 18.0 Å². The van der Waals surface area contributed by atoms with E-state index in [1.165, 1.54) is 23.5 Å². The summed E-state index contributed by atoms with van der Waals surface area (Å²) in [6.45, 7) is 0.411. The first kappa shape index (κ1) is 20.5. The summed E-state index contributed by atoms with van der Waals surface area (Å²) < 4.78 is 39.2. The molecule has 0 atom stereocenters. The van der Waals surface area contributed by atoms with Crippen molar-refractivity contribution in [2.45, 2.75) is 19.1 Å². The first-order valence-electron chi connectivity index (χ1n) is 9.00. The Balaban J connectivity index is 1.40. The third-order valence-corrected chi connectivity index (χ3v) is 6.44. The normalized spacial score (nSPS) is 11.7. The Bertz CT molecular complexity index is 1150. The number of benzene rings is 2. The number of carbonyl (C=O) groups is 1. The maximum Gasteiger partial charge on any atom is 0.416 e. The van der Waals surface area contributed by atoms with Gasteiger partial charge in [-0.2, -0.15) is 13.2 Å². The molecule has 0 saturated heterocycles. The number of rotatable bonds is 5. The molecule has 4 aromatic rings. The van der Waals surface area contributed by atoms with Crippen LogP contribution in [0.1, 0.15) is 16.3 Å². The van der Waals surface area contributed by atoms with E-state index in [4.69, 9.17) is 0 Å². The number of fused-ring (bicyclic) bond motifs is 1. The van der Waals surface area contributed by atoms with Crippen molar-refractivity contribution in [1.29, 1.82) is 0 Å². The molecule has 154 valence electrons. The van der Waals surface area contributed by atoms with E-state index in [1.807, 2.05) is 24.3 Å². The van der Waals surface area contributed by atoms with Gasteiger partial charge in [-0.15, -0.1) is 22.7 Å². The molecule has 4 nitrogen and oxygen atoms in total. The van der Waals surface area contributed by atoms with Crippen molar-refractivity contribution >= 4 is 38.8 Å². The molecular formula is C21H16F3N3OS2. The fourth-order valence-corrected chi connectivity index (χ4v) is 4.74. The predicted molar refractivity (Wildman–Crippen MR) is 112 cm³/mol. The summed E-state index contributed by atoms with van der Waals surface area (Å²) in [4.78, 5) is 23.1. The minimum absolute atomic E-state index is 0.0986. The molecule has 0 aliphatic rings. The van der Waals surface area contributed by atoms with Crippen molar-refractivity contribution in [2.24, 2.45) is 0 Å². The molecule has 2 heterocycles. The highest BCUT2D eigenvalue weighted by Gasteiger charge is 2.30. The minimum Gasteiger partial charge on any atom is -0.339 e. The van der Waals surface area contributed by atoms with Gasteiger partial charge in [-0.1, -0.05) is 24.3 Å². The third-order valence-electron chi connectivity index (χ3n) is 4.48. The quantitative estimate of drug-likeness (QED) is 0.398. The minimum atomic E-state index is -4.37. The smallest absolute Gasteiger partial charge is 0.339 e. The Morgan fingerprint density at radius 3 is 2.50 bits per heavy atom. The van der Waals surface area contributed by atoms with E-state index in [2.05, 4.69) is 9.97 Å². The van der Waals surface area contributed by atoms with Crippen LogP contribution < -0.4 is 0 Å². The number of likely N-dealkylation sites (N-methyl/N-ethyl adjacent to an activating group) is 1. The van der Waals surface area contributed by atoms with E-state index < -0.39 is 11.7 Å². The standard InChI is InChI=1S/C21H16F3N3OS2/c1-27(11-18-26-16-4-2-3-5-17(16)30-18)19(28)10-15-12-29-20(25-15)13-6-8-14(9-7-13)21(22,23)24/h2-9,12H,10-11H2,1H3. The Morgan fingerprint density at radius 1 is 1.07 bits per heavy atom. The van der Waals surface area contributed by atoms with Crippen molar-refractivity contribution in [1.82, 2.24) is 14.9 Å². The second kappa shape index (κ2) is 8.16. The van der Waals surface area contributed by atoms with Crippen LogP contribution in [-0.4, -0.2) is 27.8 Å². The summed E-state index contributed by atoms with van der Waals surface area (Å²) in [6.07, 6.45) is -4.24. The molecule has 0 spiro atoms. The molecule has 0 fully saturated rings. The second-order valence-corrected chi connectivity index (χ2v) is 8.69. The third kappa shape index (κ3) is 4.52. The summed E-state index contributed by atoms with van der Waals surface area (Å²) in [5.74, 6) is -0.0986. The zero-order valence-electron chi connectivity index (χ0n) is 15.8. The van der Waals surface area contributed by atoms with E-state index in [0.717, 1.165) is 27.4 Å². The van der Waals surface area contributed by atoms with Crippen molar-refractivity contribution in [3.05, 3.63) is 70.2 Å². The summed E-state index contributed by atoms with van der Waals surface area (Å²) in [7, 11) is 1.72. The van der Waals surface area contributed by atoms with Crippen molar-refractivity contribution < 1.29 is 18.0 Å². The van der Waals surface area contributed by atoms with Crippen LogP contribution in [0.3, 0.4) is 0 Å². The first-order chi connectivity index (χ1) is 14.3. The Morgan fingerprint density at radius 2 is 1.80 bits per heavy atom. The lowest BCUT2D eigenvalue weighted by Gasteiger charge is -2.14. The number of para-hydroxylation sites is 1. The lowest BCUT2D eigenvalue weighted by molar-refractivity contribution is -0.137. The number of aromatic nitrogens is 2. The van der Waals surface area contributed by atoms with Crippen LogP contribution >= 0.6 is 22.7 Å². The summed E-state index contributed by atoms with van der Waals surface area (Å²) >= 11 is 2.86. The molecule has 30 heavy (non-hydrogen) atoms. The van der Waals surface area contributed by atoms with Gasteiger partial charge >= 0.3 is 6.18 Å². The molecule has 9 heteroatoms. The van der Waals surface area contributed by atoms with Crippen LogP contribution in [0.25, 0.3) is 20.8 Å². The number of amides is 1. The van der Waals surface area contributed by atoms with E-state index in [-0.39, 0.29) is 12.3 Å². The highest BCUT2D eigenvalue weighted by Crippen LogP contribution is 2.32. The Hall–Kier alpha value is -2.78. The van der Waals surface area contributed by atoms with Gasteiger partial charge in [0.15, 0.2) is 0 Å². The van der Waals surface area contributed by atoms with E-state index in [9.17, 15) is 18.0 Å². The molecule has 1 amide bonds. The summed E-state index contributed by atoms with van der Waals surface area (Å²) in [5, 5.41) is 3.20. The van der Waals surface area contributed by atoms with Gasteiger partial charge in [-0.25, -0.2) is 9.97 Å². The van der Waals surface area contributed by atoms with Gasteiger partial charge in [0.2, 0.25) is 5.91 Å². The maximum atomic E-state index is 12.7. The number of thiazole rings is 2. The topological polar surface area (TPSA) is 46.1 Å². The molecule has 0 aliphatic carbocycles. The number of halogens is 3. The van der Waals surface area contributed by atoms with Gasteiger partial charge in [0.1, 0.15) is 10.0 Å². The molecule has 0 bridgehead atoms. The van der Waals surface area contributed by atoms with E-state index in [1.54, 1.807) is 28.7 Å². The number of hydrogen-bond donors (Lipinski definition) is 0. The molecule has 2 aromatic heterocycles. The average Bonchev–Trinajstić information content (AvgIpc) is 3.33. The molecule has 4 rings (SSSR count). The highest BCUT2D eigenvalue weighted by molar-refractivity contribution is 7.18. The van der Waals surface area contributed by atoms with E-state index >= 15 is 0 Å². The van der Waals surface area contributed by atoms with Crippen LogP contribution in [0.4, 0.5) is 13.2 Å². The molecular weight excluding hydrogens is 431 g/mol. The Labute approximate surface area is 178 Å². The number of nitrogens with zero attached hydrogens (tertiary/aromatic N) is 3. The van der Waals surface area contributed by atoms with Crippen LogP contribution in [0.5, 0.6) is 0 Å². The summed E-state index contributed by atoms with van der Waals surface area (Å²) in [5.41, 5.74) is 1.40. The van der Waals surface area contributed by atoms with Gasteiger partial charge in [-0.3, -0.25) is 4.79 Å². The predicted octanol–water partition coefficient (Wildman–Crippen LogP) is 5.64. The zero-order valence-corrected chi connectivity index (χ0v) is 17.4. The molecule has 0 saturated carbocycles. The number of alkyl halides is 3. The number of carbonyl (C=O) groups excluding carboxylic acids is 1. The van der Waals surface area contributed by atoms with E-state index in [0.29, 0.717) is 22.8 Å². The lowest BCUT2D eigenvalue weighted by Crippen LogP contribution is -2.27. The monoisotopic (exact) mass is 447 g/mol. The largest absolute Gasteiger partial charge is 0.416 e. The fourth-order valence-electron chi connectivity index (χ4n) is 2.89. The molecule has 0 N–H and O–H groups in total. The van der Waals surface area contributed by atoms with Crippen molar-refractivity contribution in [2.75, 3.05) is 7.05 Å². The fraction of sp³-hybridized carbons (Fsp3) is 0.190. The van der Waals surface area contributed by atoms with Gasteiger partial charge in [-0.05, 0) is 24.3 Å². The highest BCUT2D eigenvalue weighted by atomic mass is 32.1. The van der Waals surface area contributed by atoms with Gasteiger partial charge < -0.3 is 4.90 Å². The van der Waals surface area contributed by atoms with Crippen LogP contribution in [0, 0.1) is 0 Å². The molecule has 2 aromatic carbocycles. The second-order valence-electron chi connectivity index (χ2n) is 6.72. The zero-order chi connectivity index (χ0) is 21.3. The molecule has 0 aliphatic heterocycles. The van der Waals surface area contributed by atoms with Crippen molar-refractivity contribution in [3.8, 4) is 10.6 Å². The number of hydrogen-bond acceptors (Lipinski definition) is 5. The lowest BCUT2D eigenvalue weighted by atomic mass is 10.1. The van der Waals surface area contributed by atoms with Gasteiger partial charge in [0.25, 0.3) is 0 Å². The van der Waals surface area contributed by atoms with Crippen molar-refractivity contribution in [3.63, 3.8) is 0 Å². The summed E-state index contributed by atoms with van der Waals surface area (Å²) in [6, 6.07) is 12.7. The van der Waals surface area contributed by atoms with Crippen LogP contribution in [0.15, 0.2) is 53.9 Å². The molecule has 0 radical (unpaired) electrons. The molecule has 0 unspecified atom stereocenters.